The van der Waals surface area contributed by atoms with E-state index >= 15 is 0 Å². The molecule has 5 aliphatic rings. The molecule has 0 aromatic carbocycles. The first kappa shape index (κ1) is 60.7. The number of esters is 10. The number of carbonyl (C=O) groups excluding carboxylic acids is 10. The molecule has 0 amide bonds. The van der Waals surface area contributed by atoms with Crippen molar-refractivity contribution in [2.45, 2.75) is 184 Å². The zero-order chi connectivity index (χ0) is 52.0. The van der Waals surface area contributed by atoms with Crippen molar-refractivity contribution in [3.63, 3.8) is 0 Å². The molecule has 5 heterocycles. The third kappa shape index (κ3) is 21.3. The second-order valence-corrected chi connectivity index (χ2v) is 18.7. The molecule has 20 heteroatoms. The van der Waals surface area contributed by atoms with Crippen LogP contribution in [0.3, 0.4) is 0 Å². The van der Waals surface area contributed by atoms with Crippen LogP contribution in [-0.2, 0) is 95.3 Å². The quantitative estimate of drug-likeness (QED) is 0.142. The normalized spacial score (nSPS) is 24.0. The molecule has 8 unspecified atom stereocenters. The Morgan fingerprint density at radius 1 is 0.559 bits per heavy atom. The van der Waals surface area contributed by atoms with Gasteiger partial charge in [0.05, 0.1) is 61.1 Å². The maximum absolute atomic E-state index is 11.6. The van der Waals surface area contributed by atoms with Gasteiger partial charge in [-0.3, -0.25) is 38.4 Å². The van der Waals surface area contributed by atoms with E-state index in [0.717, 1.165) is 19.3 Å². The van der Waals surface area contributed by atoms with Crippen molar-refractivity contribution in [1.29, 1.82) is 0 Å². The highest BCUT2D eigenvalue weighted by Gasteiger charge is 2.41. The number of hydrogen-bond acceptors (Lipinski definition) is 20. The van der Waals surface area contributed by atoms with Crippen LogP contribution in [0.5, 0.6) is 0 Å². The van der Waals surface area contributed by atoms with Crippen LogP contribution < -0.4 is 0 Å². The number of cyclic esters (lactones) is 5. The Bertz CT molecular complexity index is 1740. The lowest BCUT2D eigenvalue weighted by atomic mass is 9.90. The molecule has 0 radical (unpaired) electrons. The zero-order valence-electron chi connectivity index (χ0n) is 42.3. The van der Waals surface area contributed by atoms with E-state index < -0.39 is 40.6 Å². The largest absolute Gasteiger partial charge is 0.463 e. The monoisotopic (exact) mass is 972 g/mol. The second kappa shape index (κ2) is 28.9. The average Bonchev–Trinajstić information content (AvgIpc) is 4.16. The first-order chi connectivity index (χ1) is 31.7. The highest BCUT2D eigenvalue weighted by atomic mass is 16.6. The molecular formula is C48H76O20. The van der Waals surface area contributed by atoms with Crippen LogP contribution >= 0.6 is 0 Å². The van der Waals surface area contributed by atoms with E-state index in [2.05, 4.69) is 9.47 Å². The Labute approximate surface area is 400 Å². The summed E-state index contributed by atoms with van der Waals surface area (Å²) < 4.78 is 49.0. The second-order valence-electron chi connectivity index (χ2n) is 18.7. The molecule has 68 heavy (non-hydrogen) atoms. The van der Waals surface area contributed by atoms with Gasteiger partial charge < -0.3 is 47.4 Å². The van der Waals surface area contributed by atoms with Crippen LogP contribution in [0.4, 0.5) is 0 Å². The fourth-order valence-corrected chi connectivity index (χ4v) is 5.27. The van der Waals surface area contributed by atoms with Crippen molar-refractivity contribution < 1.29 is 95.3 Å². The number of rotatable bonds is 15. The number of carbonyl (C=O) groups is 10. The highest BCUT2D eigenvalue weighted by molar-refractivity contribution is 5.83. The average molecular weight is 973 g/mol. The first-order valence-electron chi connectivity index (χ1n) is 23.5. The lowest BCUT2D eigenvalue weighted by Crippen LogP contribution is -2.34. The molecule has 0 aromatic rings. The summed E-state index contributed by atoms with van der Waals surface area (Å²) in [6.07, 6.45) is 3.02. The van der Waals surface area contributed by atoms with Gasteiger partial charge >= 0.3 is 59.7 Å². The summed E-state index contributed by atoms with van der Waals surface area (Å²) in [7, 11) is 0. The maximum Gasteiger partial charge on any atom is 0.347 e. The maximum atomic E-state index is 11.6. The van der Waals surface area contributed by atoms with Gasteiger partial charge in [0.25, 0.3) is 0 Å². The molecule has 0 saturated carbocycles. The van der Waals surface area contributed by atoms with Gasteiger partial charge in [-0.05, 0) is 66.7 Å². The van der Waals surface area contributed by atoms with E-state index in [0.29, 0.717) is 38.9 Å². The van der Waals surface area contributed by atoms with Crippen LogP contribution in [0.2, 0.25) is 0 Å². The molecule has 0 spiro atoms. The minimum atomic E-state index is -0.752. The molecule has 5 saturated heterocycles. The third-order valence-electron chi connectivity index (χ3n) is 11.8. The van der Waals surface area contributed by atoms with Gasteiger partial charge in [0.2, 0.25) is 12.2 Å². The van der Waals surface area contributed by atoms with Crippen LogP contribution in [0.15, 0.2) is 0 Å². The van der Waals surface area contributed by atoms with E-state index in [1.807, 2.05) is 55.4 Å². The van der Waals surface area contributed by atoms with Gasteiger partial charge in [-0.2, -0.15) is 0 Å². The lowest BCUT2D eigenvalue weighted by Gasteiger charge is -2.22. The lowest BCUT2D eigenvalue weighted by molar-refractivity contribution is -0.167. The Morgan fingerprint density at radius 3 is 1.31 bits per heavy atom. The molecule has 0 aromatic heterocycles. The van der Waals surface area contributed by atoms with Crippen molar-refractivity contribution in [3.05, 3.63) is 0 Å². The third-order valence-corrected chi connectivity index (χ3v) is 11.8. The number of ether oxygens (including phenoxy) is 10. The Morgan fingerprint density at radius 2 is 0.956 bits per heavy atom. The fraction of sp³-hybridized carbons (Fsp3) is 0.792. The fourth-order valence-electron chi connectivity index (χ4n) is 5.27. The first-order valence-corrected chi connectivity index (χ1v) is 23.5. The Hall–Kier alpha value is -5.30. The molecule has 0 N–H and O–H groups in total. The van der Waals surface area contributed by atoms with Crippen LogP contribution in [-0.4, -0.2) is 123 Å². The van der Waals surface area contributed by atoms with Gasteiger partial charge in [-0.15, -0.1) is 0 Å². The zero-order valence-corrected chi connectivity index (χ0v) is 42.3. The predicted octanol–water partition coefficient (Wildman–Crippen LogP) is 5.63. The summed E-state index contributed by atoms with van der Waals surface area (Å²) in [4.78, 5) is 111. The van der Waals surface area contributed by atoms with Gasteiger partial charge in [-0.1, -0.05) is 55.4 Å². The molecule has 0 bridgehead atoms. The molecule has 8 atom stereocenters. The van der Waals surface area contributed by atoms with Gasteiger partial charge in [0, 0.05) is 12.8 Å². The van der Waals surface area contributed by atoms with E-state index in [4.69, 9.17) is 37.9 Å². The SMILES string of the molecule is CCC(C)(C)C(=O)OC1CCOC1=O.CCC(C)(C)C(=O)OC1COC(=O)C1.CCC(C)C(=O)OC1(C)COC(=O)C1.CCC(C)C(=O)OC1CCOC1=O.CCC(C)C(=O)OC1COC(=O)C1. The molecule has 5 fully saturated rings. The summed E-state index contributed by atoms with van der Waals surface area (Å²) >= 11 is 0. The highest BCUT2D eigenvalue weighted by Crippen LogP contribution is 2.27. The Balaban J connectivity index is 0.000000425. The topological polar surface area (TPSA) is 263 Å². The molecule has 0 aliphatic carbocycles. The molecule has 20 nitrogen and oxygen atoms in total. The van der Waals surface area contributed by atoms with Crippen molar-refractivity contribution in [1.82, 2.24) is 0 Å². The summed E-state index contributed by atoms with van der Waals surface area (Å²) in [6.45, 7) is 25.2. The van der Waals surface area contributed by atoms with E-state index in [-0.39, 0.29) is 117 Å². The smallest absolute Gasteiger partial charge is 0.347 e. The minimum Gasteiger partial charge on any atom is -0.463 e. The van der Waals surface area contributed by atoms with Gasteiger partial charge in [0.1, 0.15) is 32.0 Å². The molecule has 388 valence electrons. The molecular weight excluding hydrogens is 897 g/mol. The molecule has 5 aliphatic heterocycles. The summed E-state index contributed by atoms with van der Waals surface area (Å²) in [5.41, 5.74) is -1.76. The van der Waals surface area contributed by atoms with Gasteiger partial charge in [0.15, 0.2) is 5.60 Å². The predicted molar refractivity (Wildman–Crippen MR) is 238 cm³/mol. The molecule has 5 rings (SSSR count). The van der Waals surface area contributed by atoms with Crippen molar-refractivity contribution in [3.8, 4) is 0 Å². The Kier molecular flexibility index (Phi) is 25.8. The number of hydrogen-bond donors (Lipinski definition) is 0. The van der Waals surface area contributed by atoms with Crippen molar-refractivity contribution >= 4 is 59.7 Å². The summed E-state index contributed by atoms with van der Waals surface area (Å²) in [5.74, 6) is -3.50. The van der Waals surface area contributed by atoms with Crippen molar-refractivity contribution in [2.75, 3.05) is 33.0 Å². The van der Waals surface area contributed by atoms with Gasteiger partial charge in [-0.25, -0.2) is 9.59 Å². The van der Waals surface area contributed by atoms with Crippen LogP contribution in [0.25, 0.3) is 0 Å². The van der Waals surface area contributed by atoms with Crippen molar-refractivity contribution in [2.24, 2.45) is 28.6 Å². The van der Waals surface area contributed by atoms with E-state index in [9.17, 15) is 47.9 Å². The summed E-state index contributed by atoms with van der Waals surface area (Å²) in [6, 6.07) is 0. The van der Waals surface area contributed by atoms with E-state index in [1.54, 1.807) is 34.6 Å². The van der Waals surface area contributed by atoms with Crippen LogP contribution in [0.1, 0.15) is 154 Å². The van der Waals surface area contributed by atoms with E-state index in [1.165, 1.54) is 0 Å². The van der Waals surface area contributed by atoms with Crippen LogP contribution in [0, 0.1) is 28.6 Å². The summed E-state index contributed by atoms with van der Waals surface area (Å²) in [5, 5.41) is 0. The minimum absolute atomic E-state index is 0.101. The standard InChI is InChI=1S/3C10H16O4.2C9H14O4/c1-4-10(2,3)9(12)14-7-5-8(11)13-6-7;1-4-7(2)9(12)14-10(3)5-8(11)13-6-10;1-4-10(2,3)9(12)14-7-5-6-13-8(7)11;1-3-6(2)9(11)13-7-4-8(10)12-5-7;1-3-6(2)8(10)13-7-4-5-12-9(7)11/h3*7H,4-6H2,1-3H3;2*6-7H,3-5H2,1-2H3.